The first-order valence-corrected chi connectivity index (χ1v) is 10.4. The third kappa shape index (κ3) is 3.65. The van der Waals surface area contributed by atoms with Crippen molar-refractivity contribution in [3.05, 3.63) is 35.5 Å². The summed E-state index contributed by atoms with van der Waals surface area (Å²) < 4.78 is 13.7. The molecular formula is C23H36FN. The maximum atomic E-state index is 13.7. The van der Waals surface area contributed by atoms with Gasteiger partial charge in [-0.3, -0.25) is 0 Å². The van der Waals surface area contributed by atoms with Crippen molar-refractivity contribution in [2.45, 2.75) is 84.4 Å². The van der Waals surface area contributed by atoms with Crippen LogP contribution in [0.2, 0.25) is 0 Å². The van der Waals surface area contributed by atoms with Gasteiger partial charge in [0.1, 0.15) is 6.17 Å². The van der Waals surface area contributed by atoms with Crippen LogP contribution in [0.4, 0.5) is 4.39 Å². The van der Waals surface area contributed by atoms with Gasteiger partial charge in [-0.05, 0) is 61.3 Å². The number of rotatable bonds is 7. The van der Waals surface area contributed by atoms with Gasteiger partial charge in [0, 0.05) is 19.0 Å². The topological polar surface area (TPSA) is 12.0 Å². The van der Waals surface area contributed by atoms with Crippen molar-refractivity contribution in [2.75, 3.05) is 6.54 Å². The summed E-state index contributed by atoms with van der Waals surface area (Å²) in [4.78, 5) is 0. The molecule has 1 fully saturated rings. The first-order chi connectivity index (χ1) is 12.0. The number of halogens is 1. The average Bonchev–Trinajstić information content (AvgIpc) is 2.80. The predicted molar refractivity (Wildman–Crippen MR) is 105 cm³/mol. The Kier molecular flexibility index (Phi) is 5.88. The minimum atomic E-state index is -0.679. The molecule has 3 rings (SSSR count). The highest BCUT2D eigenvalue weighted by Crippen LogP contribution is 2.57. The molecule has 4 atom stereocenters. The Hall–Kier alpha value is -0.890. The summed E-state index contributed by atoms with van der Waals surface area (Å²) in [5.41, 5.74) is 4.69. The Bertz CT molecular complexity index is 558. The second kappa shape index (κ2) is 7.78. The van der Waals surface area contributed by atoms with Crippen LogP contribution in [0.3, 0.4) is 0 Å². The van der Waals surface area contributed by atoms with Crippen molar-refractivity contribution in [1.29, 1.82) is 0 Å². The normalized spacial score (nSPS) is 35.2. The molecule has 0 aromatic rings. The SMILES string of the molecule is C=CC1=C(CNC2C3=CCC[C@](CCC)(C3)C2C(C)C)CCC(F)C1. The van der Waals surface area contributed by atoms with Crippen molar-refractivity contribution in [2.24, 2.45) is 17.3 Å². The van der Waals surface area contributed by atoms with Gasteiger partial charge in [-0.2, -0.15) is 0 Å². The summed E-state index contributed by atoms with van der Waals surface area (Å²) in [5, 5.41) is 3.92. The molecule has 3 aliphatic rings. The van der Waals surface area contributed by atoms with Gasteiger partial charge in [0.05, 0.1) is 0 Å². The third-order valence-corrected chi connectivity index (χ3v) is 6.97. The van der Waals surface area contributed by atoms with Gasteiger partial charge < -0.3 is 5.32 Å². The van der Waals surface area contributed by atoms with Crippen LogP contribution in [-0.2, 0) is 0 Å². The zero-order chi connectivity index (χ0) is 18.0. The molecule has 1 N–H and O–H groups in total. The van der Waals surface area contributed by atoms with Crippen LogP contribution in [0, 0.1) is 17.3 Å². The predicted octanol–water partition coefficient (Wildman–Crippen LogP) is 6.13. The molecule has 3 unspecified atom stereocenters. The Labute approximate surface area is 153 Å². The lowest BCUT2D eigenvalue weighted by atomic mass is 9.66. The highest BCUT2D eigenvalue weighted by atomic mass is 19.1. The van der Waals surface area contributed by atoms with Crippen LogP contribution >= 0.6 is 0 Å². The van der Waals surface area contributed by atoms with Crippen LogP contribution < -0.4 is 5.32 Å². The van der Waals surface area contributed by atoms with E-state index in [2.05, 4.69) is 38.7 Å². The van der Waals surface area contributed by atoms with Crippen molar-refractivity contribution < 1.29 is 4.39 Å². The number of hydrogen-bond acceptors (Lipinski definition) is 1. The number of hydrogen-bond donors (Lipinski definition) is 1. The van der Waals surface area contributed by atoms with Crippen LogP contribution in [0.15, 0.2) is 35.5 Å². The van der Waals surface area contributed by atoms with Gasteiger partial charge in [0.25, 0.3) is 0 Å². The lowest BCUT2D eigenvalue weighted by molar-refractivity contribution is 0.107. The summed E-state index contributed by atoms with van der Waals surface area (Å²) >= 11 is 0. The van der Waals surface area contributed by atoms with Crippen LogP contribution in [-0.4, -0.2) is 18.8 Å². The van der Waals surface area contributed by atoms with Gasteiger partial charge in [0.15, 0.2) is 0 Å². The van der Waals surface area contributed by atoms with E-state index < -0.39 is 6.17 Å². The number of fused-ring (bicyclic) bond motifs is 2. The lowest BCUT2D eigenvalue weighted by Crippen LogP contribution is -2.42. The molecule has 0 aromatic heterocycles. The number of alkyl halides is 1. The quantitative estimate of drug-likeness (QED) is 0.547. The third-order valence-electron chi connectivity index (χ3n) is 6.97. The molecule has 3 aliphatic carbocycles. The Morgan fingerprint density at radius 3 is 2.92 bits per heavy atom. The molecule has 2 heteroatoms. The van der Waals surface area contributed by atoms with E-state index in [1.165, 1.54) is 37.7 Å². The molecule has 2 bridgehead atoms. The zero-order valence-corrected chi connectivity index (χ0v) is 16.4. The maximum absolute atomic E-state index is 13.7. The molecule has 0 aromatic carbocycles. The van der Waals surface area contributed by atoms with E-state index in [4.69, 9.17) is 0 Å². The second-order valence-electron chi connectivity index (χ2n) is 8.91. The summed E-state index contributed by atoms with van der Waals surface area (Å²) in [6.07, 6.45) is 12.4. The lowest BCUT2D eigenvalue weighted by Gasteiger charge is -2.40. The van der Waals surface area contributed by atoms with Gasteiger partial charge in [-0.15, -0.1) is 0 Å². The molecule has 25 heavy (non-hydrogen) atoms. The van der Waals surface area contributed by atoms with E-state index in [9.17, 15) is 4.39 Å². The van der Waals surface area contributed by atoms with Crippen LogP contribution in [0.25, 0.3) is 0 Å². The Balaban J connectivity index is 1.78. The minimum Gasteiger partial charge on any atom is -0.306 e. The molecule has 1 saturated carbocycles. The van der Waals surface area contributed by atoms with Crippen LogP contribution in [0.1, 0.15) is 72.1 Å². The molecule has 140 valence electrons. The largest absolute Gasteiger partial charge is 0.306 e. The van der Waals surface area contributed by atoms with Crippen molar-refractivity contribution in [3.63, 3.8) is 0 Å². The van der Waals surface area contributed by atoms with Gasteiger partial charge in [0.2, 0.25) is 0 Å². The summed E-state index contributed by atoms with van der Waals surface area (Å²) in [6, 6.07) is 0.510. The fourth-order valence-electron chi connectivity index (χ4n) is 6.08. The van der Waals surface area contributed by atoms with Crippen molar-refractivity contribution >= 4 is 0 Å². The van der Waals surface area contributed by atoms with E-state index in [1.807, 2.05) is 6.08 Å². The standard InChI is InChI=1S/C23H36FN/c1-5-11-23-12-7-8-18(14-23)22(21(23)16(3)4)25-15-19-9-10-20(24)13-17(19)6-2/h6,8,16,20-22,25H,2,5,7,9-15H2,1,3-4H3/t20?,21?,22?,23-/m1/s1. The first-order valence-electron chi connectivity index (χ1n) is 10.4. The number of nitrogens with one attached hydrogen (secondary N) is 1. The summed E-state index contributed by atoms with van der Waals surface area (Å²) in [5.74, 6) is 1.42. The minimum absolute atomic E-state index is 0.510. The van der Waals surface area contributed by atoms with Crippen molar-refractivity contribution in [3.8, 4) is 0 Å². The van der Waals surface area contributed by atoms with Crippen molar-refractivity contribution in [1.82, 2.24) is 5.32 Å². The molecule has 0 radical (unpaired) electrons. The first kappa shape index (κ1) is 18.9. The second-order valence-corrected chi connectivity index (χ2v) is 8.91. The van der Waals surface area contributed by atoms with E-state index in [-0.39, 0.29) is 0 Å². The molecular weight excluding hydrogens is 309 g/mol. The fraction of sp³-hybridized carbons (Fsp3) is 0.739. The van der Waals surface area contributed by atoms with E-state index in [0.717, 1.165) is 24.5 Å². The van der Waals surface area contributed by atoms with Gasteiger partial charge >= 0.3 is 0 Å². The molecule has 1 nitrogen and oxygen atoms in total. The zero-order valence-electron chi connectivity index (χ0n) is 16.4. The van der Waals surface area contributed by atoms with Gasteiger partial charge in [-0.25, -0.2) is 4.39 Å². The Morgan fingerprint density at radius 1 is 1.44 bits per heavy atom. The molecule has 0 spiro atoms. The van der Waals surface area contributed by atoms with Crippen LogP contribution in [0.5, 0.6) is 0 Å². The van der Waals surface area contributed by atoms with E-state index in [0.29, 0.717) is 30.2 Å². The highest BCUT2D eigenvalue weighted by molar-refractivity contribution is 5.31. The monoisotopic (exact) mass is 345 g/mol. The molecule has 0 saturated heterocycles. The molecule has 0 amide bonds. The molecule has 0 aliphatic heterocycles. The summed E-state index contributed by atoms with van der Waals surface area (Å²) in [6.45, 7) is 12.0. The molecule has 0 heterocycles. The number of allylic oxidation sites excluding steroid dienone is 3. The highest BCUT2D eigenvalue weighted by Gasteiger charge is 2.52. The maximum Gasteiger partial charge on any atom is 0.104 e. The van der Waals surface area contributed by atoms with Gasteiger partial charge in [-0.1, -0.05) is 57.1 Å². The Morgan fingerprint density at radius 2 is 2.24 bits per heavy atom. The van der Waals surface area contributed by atoms with E-state index >= 15 is 0 Å². The summed E-state index contributed by atoms with van der Waals surface area (Å²) in [7, 11) is 0. The average molecular weight is 346 g/mol. The fourth-order valence-corrected chi connectivity index (χ4v) is 6.08. The smallest absolute Gasteiger partial charge is 0.104 e. The van der Waals surface area contributed by atoms with E-state index in [1.54, 1.807) is 5.57 Å².